The van der Waals surface area contributed by atoms with Crippen LogP contribution in [0.4, 0.5) is 0 Å². The minimum Gasteiger partial charge on any atom is -0.508 e. The normalized spacial score (nSPS) is 15.7. The van der Waals surface area contributed by atoms with Crippen LogP contribution in [0, 0.1) is 17.8 Å². The summed E-state index contributed by atoms with van der Waals surface area (Å²) < 4.78 is 0. The van der Waals surface area contributed by atoms with Gasteiger partial charge in [-0.15, -0.1) is 0 Å². The molecule has 24 heavy (non-hydrogen) atoms. The van der Waals surface area contributed by atoms with E-state index in [1.54, 1.807) is 12.1 Å². The summed E-state index contributed by atoms with van der Waals surface area (Å²) in [6.07, 6.45) is 4.58. The predicted molar refractivity (Wildman–Crippen MR) is 98.9 cm³/mol. The lowest BCUT2D eigenvalue weighted by molar-refractivity contribution is 0.187. The van der Waals surface area contributed by atoms with Gasteiger partial charge in [-0.05, 0) is 68.1 Å². The van der Waals surface area contributed by atoms with Gasteiger partial charge in [0.1, 0.15) is 5.75 Å². The van der Waals surface area contributed by atoms with E-state index in [-0.39, 0.29) is 0 Å². The van der Waals surface area contributed by atoms with Crippen molar-refractivity contribution in [3.8, 4) is 17.6 Å². The van der Waals surface area contributed by atoms with Crippen LogP contribution in [-0.4, -0.2) is 29.6 Å². The maximum atomic E-state index is 9.36. The summed E-state index contributed by atoms with van der Waals surface area (Å²) in [7, 11) is 0. The molecule has 0 saturated carbocycles. The third kappa shape index (κ3) is 5.15. The monoisotopic (exact) mass is 319 g/mol. The summed E-state index contributed by atoms with van der Waals surface area (Å²) in [5, 5.41) is 9.36. The highest BCUT2D eigenvalue weighted by Gasteiger charge is 2.18. The topological polar surface area (TPSA) is 23.5 Å². The van der Waals surface area contributed by atoms with E-state index in [1.165, 1.54) is 31.5 Å². The fourth-order valence-electron chi connectivity index (χ4n) is 3.28. The van der Waals surface area contributed by atoms with Gasteiger partial charge >= 0.3 is 0 Å². The largest absolute Gasteiger partial charge is 0.508 e. The van der Waals surface area contributed by atoms with Crippen molar-refractivity contribution >= 4 is 0 Å². The molecule has 124 valence electrons. The summed E-state index contributed by atoms with van der Waals surface area (Å²) in [5.74, 6) is 7.64. The van der Waals surface area contributed by atoms with Gasteiger partial charge in [0.15, 0.2) is 0 Å². The van der Waals surface area contributed by atoms with Gasteiger partial charge in [-0.25, -0.2) is 0 Å². The highest BCUT2D eigenvalue weighted by Crippen LogP contribution is 2.22. The molecule has 0 unspecified atom stereocenters. The third-order valence-electron chi connectivity index (χ3n) is 4.73. The Kier molecular flexibility index (Phi) is 5.93. The van der Waals surface area contributed by atoms with Crippen molar-refractivity contribution in [3.63, 3.8) is 0 Å². The Bertz CT molecular complexity index is 673. The van der Waals surface area contributed by atoms with Crippen LogP contribution in [0.5, 0.6) is 5.75 Å². The fourth-order valence-corrected chi connectivity index (χ4v) is 3.28. The van der Waals surface area contributed by atoms with Crippen LogP contribution in [0.1, 0.15) is 30.4 Å². The number of phenols is 1. The van der Waals surface area contributed by atoms with E-state index in [9.17, 15) is 5.11 Å². The van der Waals surface area contributed by atoms with Gasteiger partial charge in [-0.3, -0.25) is 0 Å². The van der Waals surface area contributed by atoms with Gasteiger partial charge in [0.05, 0.1) is 0 Å². The van der Waals surface area contributed by atoms with Gasteiger partial charge in [0.25, 0.3) is 0 Å². The van der Waals surface area contributed by atoms with Crippen LogP contribution in [-0.2, 0) is 6.42 Å². The molecule has 0 amide bonds. The number of piperidine rings is 1. The van der Waals surface area contributed by atoms with Gasteiger partial charge in [0.2, 0.25) is 0 Å². The number of rotatable bonds is 4. The van der Waals surface area contributed by atoms with Gasteiger partial charge < -0.3 is 10.0 Å². The first-order valence-electron chi connectivity index (χ1n) is 8.84. The number of nitrogens with zero attached hydrogens (tertiary/aromatic N) is 1. The van der Waals surface area contributed by atoms with Crippen molar-refractivity contribution in [1.29, 1.82) is 0 Å². The van der Waals surface area contributed by atoms with Crippen molar-refractivity contribution in [1.82, 2.24) is 4.90 Å². The Morgan fingerprint density at radius 2 is 1.67 bits per heavy atom. The van der Waals surface area contributed by atoms with E-state index in [0.29, 0.717) is 5.75 Å². The molecular weight excluding hydrogens is 294 g/mol. The zero-order chi connectivity index (χ0) is 16.6. The number of hydrogen-bond acceptors (Lipinski definition) is 2. The van der Waals surface area contributed by atoms with Gasteiger partial charge in [-0.2, -0.15) is 0 Å². The first-order valence-corrected chi connectivity index (χ1v) is 8.84. The standard InChI is InChI=1S/C22H25NO/c24-22-11-9-20(10-12-22)18-21-13-16-23(17-14-21)15-5-4-8-19-6-2-1-3-7-19/h1-3,6-7,9-12,21,24H,5,13-18H2. The van der Waals surface area contributed by atoms with E-state index < -0.39 is 0 Å². The predicted octanol–water partition coefficient (Wildman–Crippen LogP) is 4.09. The van der Waals surface area contributed by atoms with Crippen LogP contribution in [0.25, 0.3) is 0 Å². The van der Waals surface area contributed by atoms with Gasteiger partial charge in [-0.1, -0.05) is 42.2 Å². The number of likely N-dealkylation sites (tertiary alicyclic amines) is 1. The van der Waals surface area contributed by atoms with E-state index in [0.717, 1.165) is 30.9 Å². The van der Waals surface area contributed by atoms with Crippen molar-refractivity contribution < 1.29 is 5.11 Å². The lowest BCUT2D eigenvalue weighted by Crippen LogP contribution is -2.34. The summed E-state index contributed by atoms with van der Waals surface area (Å²) >= 11 is 0. The smallest absolute Gasteiger partial charge is 0.115 e. The molecule has 2 heteroatoms. The fraction of sp³-hybridized carbons (Fsp3) is 0.364. The van der Waals surface area contributed by atoms with Crippen LogP contribution in [0.3, 0.4) is 0 Å². The molecule has 1 saturated heterocycles. The molecule has 2 aromatic rings. The summed E-state index contributed by atoms with van der Waals surface area (Å²) in [4.78, 5) is 2.53. The quantitative estimate of drug-likeness (QED) is 0.858. The van der Waals surface area contributed by atoms with Crippen molar-refractivity contribution in [3.05, 3.63) is 65.7 Å². The summed E-state index contributed by atoms with van der Waals surface area (Å²) in [6, 6.07) is 17.9. The highest BCUT2D eigenvalue weighted by atomic mass is 16.3. The lowest BCUT2D eigenvalue weighted by atomic mass is 9.90. The first-order chi connectivity index (χ1) is 11.8. The second kappa shape index (κ2) is 8.57. The Labute approximate surface area is 145 Å². The molecule has 0 atom stereocenters. The van der Waals surface area contributed by atoms with E-state index >= 15 is 0 Å². The van der Waals surface area contributed by atoms with Crippen molar-refractivity contribution in [2.45, 2.75) is 25.7 Å². The molecule has 1 N–H and O–H groups in total. The van der Waals surface area contributed by atoms with E-state index in [2.05, 4.69) is 28.9 Å². The van der Waals surface area contributed by atoms with Gasteiger partial charge in [0, 0.05) is 18.5 Å². The van der Waals surface area contributed by atoms with Crippen LogP contribution in [0.2, 0.25) is 0 Å². The molecule has 3 rings (SSSR count). The molecule has 0 aromatic heterocycles. The maximum Gasteiger partial charge on any atom is 0.115 e. The number of hydrogen-bond donors (Lipinski definition) is 1. The van der Waals surface area contributed by atoms with E-state index in [4.69, 9.17) is 0 Å². The Balaban J connectivity index is 1.38. The second-order valence-corrected chi connectivity index (χ2v) is 6.57. The molecule has 0 aliphatic carbocycles. The molecular formula is C22H25NO. The minimum atomic E-state index is 0.352. The van der Waals surface area contributed by atoms with Crippen molar-refractivity contribution in [2.75, 3.05) is 19.6 Å². The Morgan fingerprint density at radius 3 is 2.38 bits per heavy atom. The zero-order valence-electron chi connectivity index (χ0n) is 14.1. The lowest BCUT2D eigenvalue weighted by Gasteiger charge is -2.31. The first kappa shape index (κ1) is 16.6. The minimum absolute atomic E-state index is 0.352. The summed E-state index contributed by atoms with van der Waals surface area (Å²) in [6.45, 7) is 3.43. The number of phenolic OH excluding ortho intramolecular Hbond substituents is 1. The number of aromatic hydroxyl groups is 1. The second-order valence-electron chi connectivity index (χ2n) is 6.57. The molecule has 1 heterocycles. The van der Waals surface area contributed by atoms with E-state index in [1.807, 2.05) is 30.3 Å². The molecule has 2 aromatic carbocycles. The molecule has 2 nitrogen and oxygen atoms in total. The zero-order valence-corrected chi connectivity index (χ0v) is 14.1. The molecule has 0 spiro atoms. The van der Waals surface area contributed by atoms with Crippen molar-refractivity contribution in [2.24, 2.45) is 5.92 Å². The molecule has 0 bridgehead atoms. The van der Waals surface area contributed by atoms with Crippen LogP contribution >= 0.6 is 0 Å². The summed E-state index contributed by atoms with van der Waals surface area (Å²) in [5.41, 5.74) is 2.44. The molecule has 1 aliphatic heterocycles. The van der Waals surface area contributed by atoms with Crippen LogP contribution < -0.4 is 0 Å². The molecule has 0 radical (unpaired) electrons. The molecule has 1 aliphatic rings. The van der Waals surface area contributed by atoms with Crippen LogP contribution in [0.15, 0.2) is 54.6 Å². The highest BCUT2D eigenvalue weighted by molar-refractivity contribution is 5.33. The SMILES string of the molecule is Oc1ccc(CC2CCN(CCC#Cc3ccccc3)CC2)cc1. The third-order valence-corrected chi connectivity index (χ3v) is 4.73. The molecule has 1 fully saturated rings. The average Bonchev–Trinajstić information content (AvgIpc) is 2.63. The Morgan fingerprint density at radius 1 is 0.958 bits per heavy atom. The maximum absolute atomic E-state index is 9.36. The Hall–Kier alpha value is -2.24. The number of benzene rings is 2. The average molecular weight is 319 g/mol.